The molecule has 0 aromatic heterocycles. The Balaban J connectivity index is 2.76. The number of aliphatic carboxylic acids is 1. The standard InChI is InChI=1S/C15H28N2O3S/c1-4-12(11-21-3)16-14(20)17(2)15(10-13(18)19)8-6-5-7-9-15/h12H,4-11H2,1-3H3,(H,16,20)(H,18,19). The SMILES string of the molecule is CCC(CSC)NC(=O)N(C)C1(CC(=O)O)CCCCC1. The number of urea groups is 1. The van der Waals surface area contributed by atoms with Crippen molar-refractivity contribution in [1.29, 1.82) is 0 Å². The van der Waals surface area contributed by atoms with Crippen LogP contribution >= 0.6 is 11.8 Å². The molecule has 1 fully saturated rings. The minimum Gasteiger partial charge on any atom is -0.481 e. The third-order valence-corrected chi connectivity index (χ3v) is 5.20. The van der Waals surface area contributed by atoms with Gasteiger partial charge in [-0.3, -0.25) is 4.79 Å². The van der Waals surface area contributed by atoms with Gasteiger partial charge in [0.05, 0.1) is 12.0 Å². The van der Waals surface area contributed by atoms with Gasteiger partial charge in [0.1, 0.15) is 0 Å². The number of nitrogens with zero attached hydrogens (tertiary/aromatic N) is 1. The number of nitrogens with one attached hydrogen (secondary N) is 1. The van der Waals surface area contributed by atoms with Crippen molar-refractivity contribution >= 4 is 23.8 Å². The Hall–Kier alpha value is -0.910. The first-order valence-electron chi connectivity index (χ1n) is 7.70. The molecule has 0 bridgehead atoms. The van der Waals surface area contributed by atoms with E-state index in [4.69, 9.17) is 0 Å². The summed E-state index contributed by atoms with van der Waals surface area (Å²) in [7, 11) is 1.75. The first kappa shape index (κ1) is 18.1. The van der Waals surface area contributed by atoms with Crippen molar-refractivity contribution in [3.63, 3.8) is 0 Å². The molecule has 0 saturated heterocycles. The molecule has 1 unspecified atom stereocenters. The Morgan fingerprint density at radius 2 is 1.95 bits per heavy atom. The van der Waals surface area contributed by atoms with Gasteiger partial charge in [-0.2, -0.15) is 11.8 Å². The Labute approximate surface area is 131 Å². The Kier molecular flexibility index (Phi) is 7.35. The summed E-state index contributed by atoms with van der Waals surface area (Å²) in [5.74, 6) is 0.0508. The number of carbonyl (C=O) groups is 2. The Morgan fingerprint density at radius 1 is 1.33 bits per heavy atom. The van der Waals surface area contributed by atoms with E-state index in [1.165, 1.54) is 0 Å². The molecule has 21 heavy (non-hydrogen) atoms. The lowest BCUT2D eigenvalue weighted by Crippen LogP contribution is -2.56. The number of amides is 2. The molecule has 0 aromatic rings. The van der Waals surface area contributed by atoms with Crippen molar-refractivity contribution < 1.29 is 14.7 Å². The molecule has 1 saturated carbocycles. The maximum atomic E-state index is 12.5. The summed E-state index contributed by atoms with van der Waals surface area (Å²) in [5.41, 5.74) is -0.522. The molecule has 1 atom stereocenters. The van der Waals surface area contributed by atoms with Crippen LogP contribution in [0.5, 0.6) is 0 Å². The molecule has 0 radical (unpaired) electrons. The zero-order chi connectivity index (χ0) is 15.9. The van der Waals surface area contributed by atoms with Crippen LogP contribution in [0, 0.1) is 0 Å². The minimum absolute atomic E-state index is 0.0379. The van der Waals surface area contributed by atoms with Crippen LogP contribution in [0.2, 0.25) is 0 Å². The fourth-order valence-electron chi connectivity index (χ4n) is 3.07. The molecule has 0 aromatic carbocycles. The van der Waals surface area contributed by atoms with E-state index >= 15 is 0 Å². The van der Waals surface area contributed by atoms with Crippen molar-refractivity contribution in [1.82, 2.24) is 10.2 Å². The zero-order valence-corrected chi connectivity index (χ0v) is 14.2. The fourth-order valence-corrected chi connectivity index (χ4v) is 3.79. The highest BCUT2D eigenvalue weighted by molar-refractivity contribution is 7.98. The predicted octanol–water partition coefficient (Wildman–Crippen LogP) is 2.95. The first-order valence-corrected chi connectivity index (χ1v) is 9.09. The summed E-state index contributed by atoms with van der Waals surface area (Å²) in [6, 6.07) is -0.000492. The number of carboxylic acids is 1. The van der Waals surface area contributed by atoms with Crippen LogP contribution in [0.25, 0.3) is 0 Å². The van der Waals surface area contributed by atoms with Crippen LogP contribution in [-0.2, 0) is 4.79 Å². The highest BCUT2D eigenvalue weighted by atomic mass is 32.2. The van der Waals surface area contributed by atoms with Gasteiger partial charge in [-0.1, -0.05) is 26.2 Å². The number of hydrogen-bond donors (Lipinski definition) is 2. The number of carboxylic acid groups (broad SMARTS) is 1. The van der Waals surface area contributed by atoms with Gasteiger partial charge in [-0.25, -0.2) is 4.79 Å². The smallest absolute Gasteiger partial charge is 0.317 e. The first-order chi connectivity index (χ1) is 9.95. The van der Waals surface area contributed by atoms with E-state index < -0.39 is 11.5 Å². The number of hydrogen-bond acceptors (Lipinski definition) is 3. The summed E-state index contributed by atoms with van der Waals surface area (Å²) in [6.45, 7) is 2.05. The summed E-state index contributed by atoms with van der Waals surface area (Å²) in [5, 5.41) is 12.2. The molecule has 6 heteroatoms. The van der Waals surface area contributed by atoms with E-state index in [0.29, 0.717) is 0 Å². The molecule has 1 aliphatic carbocycles. The van der Waals surface area contributed by atoms with Crippen molar-refractivity contribution in [2.24, 2.45) is 0 Å². The van der Waals surface area contributed by atoms with Crippen molar-refractivity contribution in [2.75, 3.05) is 19.1 Å². The van der Waals surface area contributed by atoms with Gasteiger partial charge in [-0.05, 0) is 25.5 Å². The van der Waals surface area contributed by atoms with Crippen molar-refractivity contribution in [3.05, 3.63) is 0 Å². The largest absolute Gasteiger partial charge is 0.481 e. The minimum atomic E-state index is -0.826. The quantitative estimate of drug-likeness (QED) is 0.757. The van der Waals surface area contributed by atoms with Gasteiger partial charge in [0, 0.05) is 18.8 Å². The number of rotatable bonds is 7. The highest BCUT2D eigenvalue weighted by Crippen LogP contribution is 2.36. The van der Waals surface area contributed by atoms with E-state index in [1.54, 1.807) is 23.7 Å². The predicted molar refractivity (Wildman–Crippen MR) is 86.8 cm³/mol. The molecule has 1 aliphatic rings. The van der Waals surface area contributed by atoms with Crippen LogP contribution in [0.15, 0.2) is 0 Å². The van der Waals surface area contributed by atoms with Crippen LogP contribution in [0.1, 0.15) is 51.9 Å². The molecule has 1 rings (SSSR count). The maximum Gasteiger partial charge on any atom is 0.317 e. The number of carbonyl (C=O) groups excluding carboxylic acids is 1. The number of thioether (sulfide) groups is 1. The van der Waals surface area contributed by atoms with E-state index in [1.807, 2.05) is 6.26 Å². The third kappa shape index (κ3) is 5.09. The normalized spacial score (nSPS) is 18.8. The summed E-state index contributed by atoms with van der Waals surface area (Å²) >= 11 is 1.71. The monoisotopic (exact) mass is 316 g/mol. The Bertz CT molecular complexity index is 357. The lowest BCUT2D eigenvalue weighted by atomic mass is 9.78. The Morgan fingerprint density at radius 3 is 2.43 bits per heavy atom. The summed E-state index contributed by atoms with van der Waals surface area (Å²) in [4.78, 5) is 25.4. The van der Waals surface area contributed by atoms with Gasteiger partial charge in [-0.15, -0.1) is 0 Å². The van der Waals surface area contributed by atoms with Crippen LogP contribution < -0.4 is 5.32 Å². The average Bonchev–Trinajstić information content (AvgIpc) is 2.46. The molecular formula is C15H28N2O3S. The van der Waals surface area contributed by atoms with E-state index in [9.17, 15) is 14.7 Å². The van der Waals surface area contributed by atoms with Crippen LogP contribution in [-0.4, -0.2) is 52.6 Å². The van der Waals surface area contributed by atoms with Crippen molar-refractivity contribution in [2.45, 2.75) is 63.5 Å². The summed E-state index contributed by atoms with van der Waals surface area (Å²) < 4.78 is 0. The highest BCUT2D eigenvalue weighted by Gasteiger charge is 2.40. The molecule has 0 spiro atoms. The molecule has 0 heterocycles. The maximum absolute atomic E-state index is 12.5. The fraction of sp³-hybridized carbons (Fsp3) is 0.867. The topological polar surface area (TPSA) is 69.6 Å². The van der Waals surface area contributed by atoms with Crippen LogP contribution in [0.4, 0.5) is 4.79 Å². The van der Waals surface area contributed by atoms with E-state index in [0.717, 1.165) is 44.3 Å². The molecule has 5 nitrogen and oxygen atoms in total. The average molecular weight is 316 g/mol. The van der Waals surface area contributed by atoms with Crippen molar-refractivity contribution in [3.8, 4) is 0 Å². The zero-order valence-electron chi connectivity index (χ0n) is 13.4. The molecule has 122 valence electrons. The molecule has 2 amide bonds. The van der Waals surface area contributed by atoms with Gasteiger partial charge >= 0.3 is 12.0 Å². The lowest BCUT2D eigenvalue weighted by Gasteiger charge is -2.44. The molecular weight excluding hydrogens is 288 g/mol. The second-order valence-electron chi connectivity index (χ2n) is 5.92. The third-order valence-electron chi connectivity index (χ3n) is 4.47. The van der Waals surface area contributed by atoms with Gasteiger partial charge < -0.3 is 15.3 Å². The van der Waals surface area contributed by atoms with Gasteiger partial charge in [0.15, 0.2) is 0 Å². The second-order valence-corrected chi connectivity index (χ2v) is 6.84. The lowest BCUT2D eigenvalue weighted by molar-refractivity contribution is -0.140. The second kappa shape index (κ2) is 8.51. The summed E-state index contributed by atoms with van der Waals surface area (Å²) in [6.07, 6.45) is 7.61. The van der Waals surface area contributed by atoms with E-state index in [-0.39, 0.29) is 18.5 Å². The van der Waals surface area contributed by atoms with Gasteiger partial charge in [0.25, 0.3) is 0 Å². The van der Waals surface area contributed by atoms with E-state index in [2.05, 4.69) is 12.2 Å². The van der Waals surface area contributed by atoms with Crippen LogP contribution in [0.3, 0.4) is 0 Å². The molecule has 2 N–H and O–H groups in total. The molecule has 0 aliphatic heterocycles. The van der Waals surface area contributed by atoms with Gasteiger partial charge in [0.2, 0.25) is 0 Å².